The second-order valence-corrected chi connectivity index (χ2v) is 5.00. The van der Waals surface area contributed by atoms with Gasteiger partial charge in [0.25, 0.3) is 5.69 Å². The number of hydrogen-bond acceptors (Lipinski definition) is 6. The van der Waals surface area contributed by atoms with E-state index in [1.165, 1.54) is 24.3 Å². The van der Waals surface area contributed by atoms with Gasteiger partial charge in [-0.1, -0.05) is 12.1 Å². The van der Waals surface area contributed by atoms with Gasteiger partial charge in [0, 0.05) is 12.1 Å². The molecular weight excluding hydrogens is 264 g/mol. The minimum atomic E-state index is -3.87. The number of sulfonamides is 1. The van der Waals surface area contributed by atoms with E-state index in [1.54, 1.807) is 4.72 Å². The summed E-state index contributed by atoms with van der Waals surface area (Å²) >= 11 is 0. The number of nitrogens with one attached hydrogen (secondary N) is 1. The smallest absolute Gasteiger partial charge is 0.420 e. The monoisotopic (exact) mass is 274 g/mol. The van der Waals surface area contributed by atoms with Crippen molar-refractivity contribution in [2.24, 2.45) is 0 Å². The number of rotatable bonds is 4. The molecule has 98 valence electrons. The zero-order chi connectivity index (χ0) is 13.8. The Hall–Kier alpha value is -2.16. The lowest BCUT2D eigenvalue weighted by atomic mass is 10.2. The van der Waals surface area contributed by atoms with Crippen LogP contribution >= 0.6 is 0 Å². The molecule has 0 saturated carbocycles. The molecule has 0 heterocycles. The van der Waals surface area contributed by atoms with E-state index in [2.05, 4.69) is 4.74 Å². The number of ether oxygens (including phenoxy) is 1. The molecule has 0 aromatic heterocycles. The molecule has 0 aliphatic heterocycles. The van der Waals surface area contributed by atoms with E-state index in [0.29, 0.717) is 5.56 Å². The molecule has 9 heteroatoms. The number of carbonyl (C=O) groups excluding carboxylic acids is 1. The van der Waals surface area contributed by atoms with E-state index in [9.17, 15) is 23.3 Å². The number of carbonyl (C=O) groups is 1. The molecule has 1 rings (SSSR count). The second-order valence-electron chi connectivity index (χ2n) is 3.28. The summed E-state index contributed by atoms with van der Waals surface area (Å²) in [4.78, 5) is 20.6. The molecule has 1 amide bonds. The molecule has 0 unspecified atom stereocenters. The van der Waals surface area contributed by atoms with Gasteiger partial charge in [0.1, 0.15) is 0 Å². The molecule has 0 radical (unpaired) electrons. The first-order valence-corrected chi connectivity index (χ1v) is 6.31. The number of nitro groups is 1. The van der Waals surface area contributed by atoms with Gasteiger partial charge in [-0.2, -0.15) is 0 Å². The van der Waals surface area contributed by atoms with Gasteiger partial charge in [0.05, 0.1) is 17.8 Å². The topological polar surface area (TPSA) is 116 Å². The minimum absolute atomic E-state index is 0.142. The standard InChI is InChI=1S/C9H10N2O6S/c1-17-9(12)10-18(15,16)6-7-2-4-8(5-3-7)11(13)14/h2-5H,6H2,1H3,(H,10,12). The first kappa shape index (κ1) is 13.9. The molecular formula is C9H10N2O6S. The number of nitro benzene ring substituents is 1. The SMILES string of the molecule is COC(=O)NS(=O)(=O)Cc1ccc([N+](=O)[O-])cc1. The van der Waals surface area contributed by atoms with E-state index in [-0.39, 0.29) is 5.69 Å². The van der Waals surface area contributed by atoms with Crippen LogP contribution in [0, 0.1) is 10.1 Å². The molecule has 0 spiro atoms. The summed E-state index contributed by atoms with van der Waals surface area (Å²) in [6.07, 6.45) is -1.09. The Labute approximate surface area is 103 Å². The maximum Gasteiger partial charge on any atom is 0.420 e. The zero-order valence-electron chi connectivity index (χ0n) is 9.32. The summed E-state index contributed by atoms with van der Waals surface area (Å²) in [5.41, 5.74) is 0.175. The summed E-state index contributed by atoms with van der Waals surface area (Å²) in [6, 6.07) is 4.97. The quantitative estimate of drug-likeness (QED) is 0.640. The Morgan fingerprint density at radius 3 is 2.39 bits per heavy atom. The Morgan fingerprint density at radius 2 is 1.94 bits per heavy atom. The molecule has 0 atom stereocenters. The predicted octanol–water partition coefficient (Wildman–Crippen LogP) is 0.781. The second kappa shape index (κ2) is 5.45. The van der Waals surface area contributed by atoms with Crippen LogP contribution in [0.15, 0.2) is 24.3 Å². The Morgan fingerprint density at radius 1 is 1.39 bits per heavy atom. The number of amides is 1. The maximum atomic E-state index is 11.4. The lowest BCUT2D eigenvalue weighted by Gasteiger charge is -2.05. The third kappa shape index (κ3) is 4.01. The van der Waals surface area contributed by atoms with Crippen LogP contribution in [-0.4, -0.2) is 26.5 Å². The molecule has 0 aliphatic carbocycles. The fraction of sp³-hybridized carbons (Fsp3) is 0.222. The number of nitrogens with zero attached hydrogens (tertiary/aromatic N) is 1. The van der Waals surface area contributed by atoms with Gasteiger partial charge < -0.3 is 4.74 Å². The van der Waals surface area contributed by atoms with Crippen molar-refractivity contribution in [3.63, 3.8) is 0 Å². The lowest BCUT2D eigenvalue weighted by molar-refractivity contribution is -0.384. The van der Waals surface area contributed by atoms with E-state index >= 15 is 0 Å². The van der Waals surface area contributed by atoms with Crippen molar-refractivity contribution in [2.75, 3.05) is 7.11 Å². The fourth-order valence-electron chi connectivity index (χ4n) is 1.14. The third-order valence-electron chi connectivity index (χ3n) is 1.93. The number of benzene rings is 1. The fourth-order valence-corrected chi connectivity index (χ4v) is 2.18. The average molecular weight is 274 g/mol. The van der Waals surface area contributed by atoms with Crippen LogP contribution in [0.25, 0.3) is 0 Å². The molecule has 0 aliphatic rings. The molecule has 0 bridgehead atoms. The first-order valence-electron chi connectivity index (χ1n) is 4.66. The highest BCUT2D eigenvalue weighted by molar-refractivity contribution is 7.89. The molecule has 18 heavy (non-hydrogen) atoms. The third-order valence-corrected chi connectivity index (χ3v) is 3.12. The number of methoxy groups -OCH3 is 1. The molecule has 1 aromatic rings. The van der Waals surface area contributed by atoms with E-state index in [1.807, 2.05) is 0 Å². The van der Waals surface area contributed by atoms with Gasteiger partial charge in [-0.25, -0.2) is 17.9 Å². The normalized spacial score (nSPS) is 10.7. The van der Waals surface area contributed by atoms with Crippen molar-refractivity contribution in [3.8, 4) is 0 Å². The van der Waals surface area contributed by atoms with Gasteiger partial charge >= 0.3 is 6.09 Å². The molecule has 0 saturated heterocycles. The van der Waals surface area contributed by atoms with Gasteiger partial charge in [0.15, 0.2) is 0 Å². The first-order chi connectivity index (χ1) is 8.34. The largest absolute Gasteiger partial charge is 0.452 e. The van der Waals surface area contributed by atoms with E-state index < -0.39 is 26.8 Å². The summed E-state index contributed by atoms with van der Waals surface area (Å²) < 4.78 is 28.7. The van der Waals surface area contributed by atoms with Crippen LogP contribution in [0.1, 0.15) is 5.56 Å². The van der Waals surface area contributed by atoms with Crippen molar-refractivity contribution in [3.05, 3.63) is 39.9 Å². The van der Waals surface area contributed by atoms with Gasteiger partial charge in [-0.3, -0.25) is 10.1 Å². The minimum Gasteiger partial charge on any atom is -0.452 e. The summed E-state index contributed by atoms with van der Waals surface area (Å²) in [5.74, 6) is -0.472. The van der Waals surface area contributed by atoms with Gasteiger partial charge in [0.2, 0.25) is 10.0 Å². The Bertz CT molecular complexity index is 551. The van der Waals surface area contributed by atoms with Crippen molar-refractivity contribution in [2.45, 2.75) is 5.75 Å². The van der Waals surface area contributed by atoms with E-state index in [0.717, 1.165) is 7.11 Å². The number of non-ortho nitro benzene ring substituents is 1. The molecule has 1 aromatic carbocycles. The van der Waals surface area contributed by atoms with Crippen LogP contribution < -0.4 is 4.72 Å². The van der Waals surface area contributed by atoms with Crippen molar-refractivity contribution < 1.29 is 22.9 Å². The Kier molecular flexibility index (Phi) is 4.21. The highest BCUT2D eigenvalue weighted by Gasteiger charge is 2.16. The summed E-state index contributed by atoms with van der Waals surface area (Å²) in [6.45, 7) is 0. The van der Waals surface area contributed by atoms with Crippen LogP contribution in [0.3, 0.4) is 0 Å². The molecule has 0 fully saturated rings. The van der Waals surface area contributed by atoms with Crippen LogP contribution in [0.2, 0.25) is 0 Å². The predicted molar refractivity (Wildman–Crippen MR) is 61.3 cm³/mol. The van der Waals surface area contributed by atoms with Gasteiger partial charge in [-0.05, 0) is 5.56 Å². The summed E-state index contributed by atoms with van der Waals surface area (Å²) in [7, 11) is -2.84. The highest BCUT2D eigenvalue weighted by Crippen LogP contribution is 2.13. The highest BCUT2D eigenvalue weighted by atomic mass is 32.2. The number of hydrogen-bond donors (Lipinski definition) is 1. The van der Waals surface area contributed by atoms with E-state index in [4.69, 9.17) is 0 Å². The van der Waals surface area contributed by atoms with Crippen molar-refractivity contribution in [1.29, 1.82) is 0 Å². The lowest BCUT2D eigenvalue weighted by Crippen LogP contribution is -2.31. The van der Waals surface area contributed by atoms with Crippen molar-refractivity contribution in [1.82, 2.24) is 4.72 Å². The Balaban J connectivity index is 2.78. The van der Waals surface area contributed by atoms with Crippen LogP contribution in [-0.2, 0) is 20.5 Å². The van der Waals surface area contributed by atoms with Crippen LogP contribution in [0.5, 0.6) is 0 Å². The zero-order valence-corrected chi connectivity index (χ0v) is 10.1. The molecule has 8 nitrogen and oxygen atoms in total. The maximum absolute atomic E-state index is 11.4. The average Bonchev–Trinajstić information content (AvgIpc) is 2.28. The molecule has 1 N–H and O–H groups in total. The van der Waals surface area contributed by atoms with Gasteiger partial charge in [-0.15, -0.1) is 0 Å². The van der Waals surface area contributed by atoms with Crippen LogP contribution in [0.4, 0.5) is 10.5 Å². The van der Waals surface area contributed by atoms with Crippen molar-refractivity contribution >= 4 is 21.8 Å². The summed E-state index contributed by atoms with van der Waals surface area (Å²) in [5, 5.41) is 10.4.